The summed E-state index contributed by atoms with van der Waals surface area (Å²) in [7, 11) is 4.06. The van der Waals surface area contributed by atoms with Crippen LogP contribution in [0.25, 0.3) is 10.2 Å². The summed E-state index contributed by atoms with van der Waals surface area (Å²) in [5, 5.41) is 0.761. The number of rotatable bonds is 7. The van der Waals surface area contributed by atoms with Gasteiger partial charge in [0.2, 0.25) is 5.91 Å². The number of aryl methyl sites for hydroxylation is 2. The van der Waals surface area contributed by atoms with Gasteiger partial charge in [-0.3, -0.25) is 9.69 Å². The van der Waals surface area contributed by atoms with Crippen LogP contribution in [-0.4, -0.2) is 43.0 Å². The maximum Gasteiger partial charge on any atom is 0.240 e. The van der Waals surface area contributed by atoms with Crippen molar-refractivity contribution in [2.75, 3.05) is 32.1 Å². The SMILES string of the molecule is Cc1cc(C)c2nc(N(CCN(C)C)C(=O)C(c3ccccc3)c3ccccc3)sc2c1. The Morgan fingerprint density at radius 3 is 2.06 bits per heavy atom. The molecule has 3 aromatic carbocycles. The summed E-state index contributed by atoms with van der Waals surface area (Å²) < 4.78 is 1.12. The van der Waals surface area contributed by atoms with E-state index >= 15 is 0 Å². The number of fused-ring (bicyclic) bond motifs is 1. The molecule has 0 N–H and O–H groups in total. The first-order valence-electron chi connectivity index (χ1n) is 10.9. The van der Waals surface area contributed by atoms with E-state index in [4.69, 9.17) is 4.98 Å². The summed E-state index contributed by atoms with van der Waals surface area (Å²) in [5.41, 5.74) is 5.32. The molecule has 0 spiro atoms. The van der Waals surface area contributed by atoms with E-state index in [0.29, 0.717) is 6.54 Å². The highest BCUT2D eigenvalue weighted by Gasteiger charge is 2.30. The van der Waals surface area contributed by atoms with Crippen molar-refractivity contribution >= 4 is 32.6 Å². The summed E-state index contributed by atoms with van der Waals surface area (Å²) in [6.07, 6.45) is 0. The Kier molecular flexibility index (Phi) is 6.68. The van der Waals surface area contributed by atoms with Gasteiger partial charge in [0, 0.05) is 13.1 Å². The molecule has 0 aliphatic carbocycles. The minimum Gasteiger partial charge on any atom is -0.308 e. The van der Waals surface area contributed by atoms with Crippen LogP contribution in [0.4, 0.5) is 5.13 Å². The molecule has 1 heterocycles. The van der Waals surface area contributed by atoms with Crippen molar-refractivity contribution in [2.24, 2.45) is 0 Å². The number of likely N-dealkylation sites (N-methyl/N-ethyl adjacent to an activating group) is 1. The fourth-order valence-corrected chi connectivity index (χ4v) is 5.17. The first kappa shape index (κ1) is 22.2. The van der Waals surface area contributed by atoms with Crippen molar-refractivity contribution < 1.29 is 4.79 Å². The third kappa shape index (κ3) is 4.74. The summed E-state index contributed by atoms with van der Waals surface area (Å²) in [6, 6.07) is 24.4. The van der Waals surface area contributed by atoms with Gasteiger partial charge in [-0.15, -0.1) is 0 Å². The summed E-state index contributed by atoms with van der Waals surface area (Å²) in [5.74, 6) is -0.327. The third-order valence-corrected chi connectivity index (χ3v) is 6.62. The molecule has 0 bridgehead atoms. The van der Waals surface area contributed by atoms with Gasteiger partial charge in [-0.25, -0.2) is 4.98 Å². The normalized spacial score (nSPS) is 11.4. The average molecular weight is 444 g/mol. The van der Waals surface area contributed by atoms with E-state index in [1.807, 2.05) is 79.7 Å². The van der Waals surface area contributed by atoms with Gasteiger partial charge < -0.3 is 4.90 Å². The smallest absolute Gasteiger partial charge is 0.240 e. The molecule has 0 saturated carbocycles. The molecule has 0 fully saturated rings. The van der Waals surface area contributed by atoms with Crippen LogP contribution in [0.1, 0.15) is 28.2 Å². The van der Waals surface area contributed by atoms with Gasteiger partial charge in [0.1, 0.15) is 0 Å². The molecular formula is C27H29N3OS. The van der Waals surface area contributed by atoms with E-state index in [1.54, 1.807) is 11.3 Å². The highest BCUT2D eigenvalue weighted by atomic mass is 32.1. The molecular weight excluding hydrogens is 414 g/mol. The number of nitrogens with zero attached hydrogens (tertiary/aromatic N) is 3. The maximum atomic E-state index is 14.2. The lowest BCUT2D eigenvalue weighted by Gasteiger charge is -2.27. The van der Waals surface area contributed by atoms with Crippen molar-refractivity contribution in [2.45, 2.75) is 19.8 Å². The van der Waals surface area contributed by atoms with Crippen LogP contribution in [0.2, 0.25) is 0 Å². The van der Waals surface area contributed by atoms with Crippen LogP contribution in [0, 0.1) is 13.8 Å². The van der Waals surface area contributed by atoms with Crippen LogP contribution in [0.3, 0.4) is 0 Å². The number of carbonyl (C=O) groups is 1. The molecule has 0 aliphatic rings. The van der Waals surface area contributed by atoms with Gasteiger partial charge in [0.15, 0.2) is 5.13 Å². The Hall–Kier alpha value is -3.02. The molecule has 164 valence electrons. The minimum atomic E-state index is -0.380. The quantitative estimate of drug-likeness (QED) is 0.371. The van der Waals surface area contributed by atoms with E-state index in [0.717, 1.165) is 38.6 Å². The molecule has 1 aromatic heterocycles. The van der Waals surface area contributed by atoms with E-state index < -0.39 is 0 Å². The molecule has 0 atom stereocenters. The number of carbonyl (C=O) groups excluding carboxylic acids is 1. The summed E-state index contributed by atoms with van der Waals surface area (Å²) in [6.45, 7) is 5.53. The fourth-order valence-electron chi connectivity index (χ4n) is 4.00. The number of benzene rings is 3. The monoisotopic (exact) mass is 443 g/mol. The molecule has 5 heteroatoms. The minimum absolute atomic E-state index is 0.0534. The van der Waals surface area contributed by atoms with Crippen molar-refractivity contribution in [3.8, 4) is 0 Å². The highest BCUT2D eigenvalue weighted by Crippen LogP contribution is 2.35. The molecule has 4 nitrogen and oxygen atoms in total. The number of hydrogen-bond donors (Lipinski definition) is 0. The van der Waals surface area contributed by atoms with Gasteiger partial charge in [-0.05, 0) is 56.3 Å². The Labute approximate surface area is 194 Å². The molecule has 0 saturated heterocycles. The van der Waals surface area contributed by atoms with E-state index in [2.05, 4.69) is 30.9 Å². The molecule has 0 radical (unpaired) electrons. The zero-order valence-corrected chi connectivity index (χ0v) is 19.9. The second-order valence-electron chi connectivity index (χ2n) is 8.47. The summed E-state index contributed by atoms with van der Waals surface area (Å²) in [4.78, 5) is 23.1. The predicted octanol–water partition coefficient (Wildman–Crippen LogP) is 5.64. The van der Waals surface area contributed by atoms with Crippen molar-refractivity contribution in [3.63, 3.8) is 0 Å². The lowest BCUT2D eigenvalue weighted by molar-refractivity contribution is -0.119. The number of anilines is 1. The third-order valence-electron chi connectivity index (χ3n) is 5.60. The maximum absolute atomic E-state index is 14.2. The van der Waals surface area contributed by atoms with Gasteiger partial charge in [-0.2, -0.15) is 0 Å². The average Bonchev–Trinajstić information content (AvgIpc) is 3.19. The van der Waals surface area contributed by atoms with Gasteiger partial charge in [-0.1, -0.05) is 78.1 Å². The number of aromatic nitrogens is 1. The molecule has 0 aliphatic heterocycles. The molecule has 0 unspecified atom stereocenters. The predicted molar refractivity (Wildman–Crippen MR) is 135 cm³/mol. The van der Waals surface area contributed by atoms with Gasteiger partial charge in [0.05, 0.1) is 16.1 Å². The Morgan fingerprint density at radius 2 is 1.50 bits per heavy atom. The first-order chi connectivity index (χ1) is 15.4. The lowest BCUT2D eigenvalue weighted by Crippen LogP contribution is -2.40. The Balaban J connectivity index is 1.81. The van der Waals surface area contributed by atoms with E-state index in [1.165, 1.54) is 5.56 Å². The van der Waals surface area contributed by atoms with Crippen molar-refractivity contribution in [1.82, 2.24) is 9.88 Å². The largest absolute Gasteiger partial charge is 0.308 e. The highest BCUT2D eigenvalue weighted by molar-refractivity contribution is 7.22. The zero-order valence-electron chi connectivity index (χ0n) is 19.1. The molecule has 32 heavy (non-hydrogen) atoms. The molecule has 4 rings (SSSR count). The first-order valence-corrected chi connectivity index (χ1v) is 11.7. The topological polar surface area (TPSA) is 36.4 Å². The second-order valence-corrected chi connectivity index (χ2v) is 9.48. The van der Waals surface area contributed by atoms with Crippen molar-refractivity contribution in [1.29, 1.82) is 0 Å². The lowest BCUT2D eigenvalue weighted by atomic mass is 9.90. The summed E-state index contributed by atoms with van der Waals surface area (Å²) >= 11 is 1.60. The van der Waals surface area contributed by atoms with Gasteiger partial charge in [0.25, 0.3) is 0 Å². The van der Waals surface area contributed by atoms with Crippen LogP contribution in [0.15, 0.2) is 72.8 Å². The molecule has 1 amide bonds. The Bertz CT molecular complexity index is 1160. The Morgan fingerprint density at radius 1 is 0.906 bits per heavy atom. The van der Waals surface area contributed by atoms with Crippen LogP contribution in [0.5, 0.6) is 0 Å². The fraction of sp³-hybridized carbons (Fsp3) is 0.259. The molecule has 4 aromatic rings. The van der Waals surface area contributed by atoms with Gasteiger partial charge >= 0.3 is 0 Å². The van der Waals surface area contributed by atoms with Crippen LogP contribution < -0.4 is 4.90 Å². The van der Waals surface area contributed by atoms with Crippen molar-refractivity contribution in [3.05, 3.63) is 95.1 Å². The van der Waals surface area contributed by atoms with E-state index in [9.17, 15) is 4.79 Å². The van der Waals surface area contributed by atoms with Crippen LogP contribution >= 0.6 is 11.3 Å². The van der Waals surface area contributed by atoms with E-state index in [-0.39, 0.29) is 11.8 Å². The van der Waals surface area contributed by atoms with Crippen LogP contribution in [-0.2, 0) is 4.79 Å². The number of amides is 1. The standard InChI is InChI=1S/C27H29N3OS/c1-19-17-20(2)25-23(18-19)32-27(28-25)30(16-15-29(3)4)26(31)24(21-11-7-5-8-12-21)22-13-9-6-10-14-22/h5-14,17-18,24H,15-16H2,1-4H3. The number of thiazole rings is 1. The number of hydrogen-bond acceptors (Lipinski definition) is 4. The second kappa shape index (κ2) is 9.63. The zero-order chi connectivity index (χ0) is 22.7.